The van der Waals surface area contributed by atoms with Crippen molar-refractivity contribution in [2.45, 2.75) is 13.2 Å². The van der Waals surface area contributed by atoms with E-state index in [1.807, 2.05) is 10.9 Å². The predicted molar refractivity (Wildman–Crippen MR) is 31.5 cm³/mol. The summed E-state index contributed by atoms with van der Waals surface area (Å²) in [6.45, 7) is 1.86. The maximum absolute atomic E-state index is 3.87. The maximum Gasteiger partial charge on any atom is 0.0951 e. The number of nitrogens with zero attached hydrogens (tertiary/aromatic N) is 4. The lowest BCUT2D eigenvalue weighted by atomic mass is 10.5. The van der Waals surface area contributed by atoms with E-state index in [4.69, 9.17) is 0 Å². The second-order valence-electron chi connectivity index (χ2n) is 2.38. The van der Waals surface area contributed by atoms with E-state index in [-0.39, 0.29) is 0 Å². The smallest absolute Gasteiger partial charge is 0.0951 e. The largest absolute Gasteiger partial charge is 0.282 e. The van der Waals surface area contributed by atoms with Gasteiger partial charge in [0, 0.05) is 6.54 Å². The summed E-state index contributed by atoms with van der Waals surface area (Å²) in [5.74, 6) is 0. The highest BCUT2D eigenvalue weighted by Gasteiger charge is 2.14. The Morgan fingerprint density at radius 2 is 2.56 bits per heavy atom. The predicted octanol–water partition coefficient (Wildman–Crippen LogP) is -0.319. The summed E-state index contributed by atoms with van der Waals surface area (Å²) < 4.78 is 1.90. The highest BCUT2D eigenvalue weighted by atomic mass is 15.5. The lowest BCUT2D eigenvalue weighted by Crippen LogP contribution is -2.11. The Kier molecular flexibility index (Phi) is 0.843. The standard InChI is InChI=1S/C5H8N4/c1-8-3-5-2-6-7-9(5)4-8/h2H,3-4H2,1H3. The molecule has 2 heterocycles. The zero-order valence-electron chi connectivity index (χ0n) is 5.28. The first kappa shape index (κ1) is 4.93. The molecule has 2 rings (SSSR count). The van der Waals surface area contributed by atoms with Crippen molar-refractivity contribution < 1.29 is 0 Å². The van der Waals surface area contributed by atoms with Crippen LogP contribution in [0.4, 0.5) is 0 Å². The molecule has 4 nitrogen and oxygen atoms in total. The Labute approximate surface area is 53.1 Å². The van der Waals surface area contributed by atoms with Crippen molar-refractivity contribution in [3.05, 3.63) is 11.9 Å². The molecule has 0 radical (unpaired) electrons. The fourth-order valence-corrected chi connectivity index (χ4v) is 1.08. The van der Waals surface area contributed by atoms with E-state index >= 15 is 0 Å². The summed E-state index contributed by atoms with van der Waals surface area (Å²) in [7, 11) is 2.06. The average molecular weight is 124 g/mol. The summed E-state index contributed by atoms with van der Waals surface area (Å²) in [5, 5.41) is 7.64. The molecule has 0 amide bonds. The minimum absolute atomic E-state index is 0.884. The molecule has 0 aromatic carbocycles. The molecule has 4 heteroatoms. The molecule has 0 saturated heterocycles. The fourth-order valence-electron chi connectivity index (χ4n) is 1.08. The summed E-state index contributed by atoms with van der Waals surface area (Å²) in [6, 6.07) is 0. The molecule has 1 aliphatic rings. The van der Waals surface area contributed by atoms with E-state index in [2.05, 4.69) is 22.3 Å². The highest BCUT2D eigenvalue weighted by molar-refractivity contribution is 4.96. The van der Waals surface area contributed by atoms with Crippen molar-refractivity contribution in [1.29, 1.82) is 0 Å². The first-order valence-corrected chi connectivity index (χ1v) is 2.92. The zero-order chi connectivity index (χ0) is 6.27. The van der Waals surface area contributed by atoms with Crippen molar-refractivity contribution in [3.63, 3.8) is 0 Å². The van der Waals surface area contributed by atoms with Gasteiger partial charge in [-0.2, -0.15) is 0 Å². The highest BCUT2D eigenvalue weighted by Crippen LogP contribution is 2.08. The summed E-state index contributed by atoms with van der Waals surface area (Å²) in [6.07, 6.45) is 1.81. The van der Waals surface area contributed by atoms with Gasteiger partial charge in [-0.25, -0.2) is 4.68 Å². The van der Waals surface area contributed by atoms with Crippen LogP contribution in [0.1, 0.15) is 5.69 Å². The Bertz CT molecular complexity index is 196. The molecule has 0 unspecified atom stereocenters. The quantitative estimate of drug-likeness (QED) is 0.475. The first-order valence-electron chi connectivity index (χ1n) is 2.92. The van der Waals surface area contributed by atoms with Crippen LogP contribution in [0.2, 0.25) is 0 Å². The SMILES string of the molecule is CN1Cc2cnnn2C1. The second kappa shape index (κ2) is 1.54. The number of rotatable bonds is 0. The van der Waals surface area contributed by atoms with Gasteiger partial charge < -0.3 is 0 Å². The van der Waals surface area contributed by atoms with Crippen LogP contribution in [0.25, 0.3) is 0 Å². The van der Waals surface area contributed by atoms with E-state index in [9.17, 15) is 0 Å². The van der Waals surface area contributed by atoms with Crippen LogP contribution < -0.4 is 0 Å². The molecular weight excluding hydrogens is 116 g/mol. The summed E-state index contributed by atoms with van der Waals surface area (Å²) in [4.78, 5) is 2.18. The second-order valence-corrected chi connectivity index (χ2v) is 2.38. The van der Waals surface area contributed by atoms with Crippen molar-refractivity contribution in [2.24, 2.45) is 0 Å². The molecule has 1 aromatic heterocycles. The van der Waals surface area contributed by atoms with Crippen molar-refractivity contribution in [2.75, 3.05) is 7.05 Å². The monoisotopic (exact) mass is 124 g/mol. The Balaban J connectivity index is 2.39. The van der Waals surface area contributed by atoms with Crippen LogP contribution in [0.3, 0.4) is 0 Å². The fraction of sp³-hybridized carbons (Fsp3) is 0.600. The van der Waals surface area contributed by atoms with Crippen molar-refractivity contribution >= 4 is 0 Å². The number of fused-ring (bicyclic) bond motifs is 1. The number of aromatic nitrogens is 3. The lowest BCUT2D eigenvalue weighted by molar-refractivity contribution is 0.302. The lowest BCUT2D eigenvalue weighted by Gasteiger charge is -2.01. The molecule has 0 aliphatic carbocycles. The topological polar surface area (TPSA) is 34.0 Å². The molecule has 0 N–H and O–H groups in total. The molecular formula is C5H8N4. The van der Waals surface area contributed by atoms with E-state index in [0.717, 1.165) is 13.2 Å². The van der Waals surface area contributed by atoms with Gasteiger partial charge in [0.15, 0.2) is 0 Å². The van der Waals surface area contributed by atoms with E-state index < -0.39 is 0 Å². The number of hydrogen-bond donors (Lipinski definition) is 0. The third kappa shape index (κ3) is 0.632. The van der Waals surface area contributed by atoms with Gasteiger partial charge in [0.2, 0.25) is 0 Å². The van der Waals surface area contributed by atoms with Gasteiger partial charge in [0.25, 0.3) is 0 Å². The normalized spacial score (nSPS) is 18.3. The molecule has 1 aromatic rings. The molecule has 0 saturated carbocycles. The Hall–Kier alpha value is -0.900. The van der Waals surface area contributed by atoms with Gasteiger partial charge in [0.1, 0.15) is 0 Å². The molecule has 0 fully saturated rings. The van der Waals surface area contributed by atoms with E-state index in [1.54, 1.807) is 0 Å². The van der Waals surface area contributed by atoms with Gasteiger partial charge >= 0.3 is 0 Å². The van der Waals surface area contributed by atoms with E-state index in [1.165, 1.54) is 5.69 Å². The molecule has 1 aliphatic heterocycles. The van der Waals surface area contributed by atoms with Gasteiger partial charge in [-0.1, -0.05) is 5.21 Å². The van der Waals surface area contributed by atoms with Gasteiger partial charge in [-0.3, -0.25) is 4.90 Å². The molecule has 9 heavy (non-hydrogen) atoms. The van der Waals surface area contributed by atoms with Gasteiger partial charge in [0.05, 0.1) is 18.6 Å². The summed E-state index contributed by atoms with van der Waals surface area (Å²) in [5.41, 5.74) is 1.21. The summed E-state index contributed by atoms with van der Waals surface area (Å²) >= 11 is 0. The van der Waals surface area contributed by atoms with Crippen LogP contribution in [0.5, 0.6) is 0 Å². The first-order chi connectivity index (χ1) is 4.36. The third-order valence-electron chi connectivity index (χ3n) is 1.51. The van der Waals surface area contributed by atoms with Crippen molar-refractivity contribution in [1.82, 2.24) is 19.9 Å². The maximum atomic E-state index is 3.87. The Morgan fingerprint density at radius 1 is 1.67 bits per heavy atom. The third-order valence-corrected chi connectivity index (χ3v) is 1.51. The molecule has 48 valence electrons. The van der Waals surface area contributed by atoms with Crippen molar-refractivity contribution in [3.8, 4) is 0 Å². The van der Waals surface area contributed by atoms with Gasteiger partial charge in [-0.15, -0.1) is 5.10 Å². The van der Waals surface area contributed by atoms with Crippen LogP contribution in [-0.4, -0.2) is 26.9 Å². The molecule has 0 bridgehead atoms. The molecule has 0 atom stereocenters. The van der Waals surface area contributed by atoms with Crippen LogP contribution in [0.15, 0.2) is 6.20 Å². The van der Waals surface area contributed by atoms with Gasteiger partial charge in [-0.05, 0) is 7.05 Å². The zero-order valence-corrected chi connectivity index (χ0v) is 5.28. The molecule has 0 spiro atoms. The average Bonchev–Trinajstić information content (AvgIpc) is 2.22. The minimum Gasteiger partial charge on any atom is -0.282 e. The van der Waals surface area contributed by atoms with E-state index in [0.29, 0.717) is 0 Å². The Morgan fingerprint density at radius 3 is 3.33 bits per heavy atom. The minimum atomic E-state index is 0.884. The number of hydrogen-bond acceptors (Lipinski definition) is 3. The van der Waals surface area contributed by atoms with Crippen LogP contribution in [0, 0.1) is 0 Å². The van der Waals surface area contributed by atoms with Crippen LogP contribution >= 0.6 is 0 Å². The van der Waals surface area contributed by atoms with Crippen LogP contribution in [-0.2, 0) is 13.2 Å².